The second-order valence-electron chi connectivity index (χ2n) is 6.44. The summed E-state index contributed by atoms with van der Waals surface area (Å²) < 4.78 is 5.15. The van der Waals surface area contributed by atoms with Crippen LogP contribution in [0.15, 0.2) is 53.5 Å². The lowest BCUT2D eigenvalue weighted by Gasteiger charge is -2.40. The van der Waals surface area contributed by atoms with E-state index in [2.05, 4.69) is 10.3 Å². The van der Waals surface area contributed by atoms with Crippen molar-refractivity contribution in [3.05, 3.63) is 64.7 Å². The molecule has 1 aliphatic heterocycles. The molecule has 0 saturated heterocycles. The number of guanidine groups is 1. The third-order valence-corrected chi connectivity index (χ3v) is 4.75. The molecule has 2 aromatic rings. The highest BCUT2D eigenvalue weighted by atomic mass is 35.5. The van der Waals surface area contributed by atoms with Gasteiger partial charge in [0.15, 0.2) is 0 Å². The number of nitrogens with one attached hydrogen (secondary N) is 1. The fourth-order valence-electron chi connectivity index (χ4n) is 2.92. The van der Waals surface area contributed by atoms with Crippen molar-refractivity contribution in [2.45, 2.75) is 19.4 Å². The van der Waals surface area contributed by atoms with Gasteiger partial charge in [0.1, 0.15) is 5.75 Å². The van der Waals surface area contributed by atoms with Gasteiger partial charge in [-0.25, -0.2) is 4.79 Å². The molecule has 0 aromatic heterocycles. The van der Waals surface area contributed by atoms with Gasteiger partial charge in [-0.15, -0.1) is 0 Å². The van der Waals surface area contributed by atoms with E-state index in [0.29, 0.717) is 18.1 Å². The smallest absolute Gasteiger partial charge is 0.350 e. The van der Waals surface area contributed by atoms with Gasteiger partial charge in [0, 0.05) is 18.1 Å². The van der Waals surface area contributed by atoms with Crippen molar-refractivity contribution in [3.63, 3.8) is 0 Å². The quantitative estimate of drug-likeness (QED) is 0.636. The zero-order valence-corrected chi connectivity index (χ0v) is 16.7. The largest absolute Gasteiger partial charge is 0.497 e. The van der Waals surface area contributed by atoms with Crippen molar-refractivity contribution in [2.75, 3.05) is 20.3 Å². The van der Waals surface area contributed by atoms with E-state index in [1.807, 2.05) is 36.4 Å². The molecule has 29 heavy (non-hydrogen) atoms. The minimum absolute atomic E-state index is 0.0215. The van der Waals surface area contributed by atoms with Gasteiger partial charge >= 0.3 is 6.03 Å². The van der Waals surface area contributed by atoms with Gasteiger partial charge in [-0.05, 0) is 35.4 Å². The fraction of sp³-hybridized carbons (Fsp3) is 0.300. The number of aliphatic hydroxyl groups is 2. The first kappa shape index (κ1) is 20.9. The normalized spacial score (nSPS) is 16.6. The third kappa shape index (κ3) is 5.17. The first-order valence-corrected chi connectivity index (χ1v) is 9.45. The van der Waals surface area contributed by atoms with Crippen molar-refractivity contribution >= 4 is 23.6 Å². The first-order valence-electron chi connectivity index (χ1n) is 9.08. The van der Waals surface area contributed by atoms with Crippen LogP contribution in [0.1, 0.15) is 11.1 Å². The molecule has 154 valence electrons. The molecular weight excluding hydrogens is 396 g/mol. The van der Waals surface area contributed by atoms with Crippen LogP contribution in [-0.2, 0) is 13.1 Å². The Morgan fingerprint density at radius 1 is 1.10 bits per heavy atom. The number of methoxy groups -OCH3 is 1. The second kappa shape index (κ2) is 9.60. The first-order chi connectivity index (χ1) is 14.0. The molecule has 1 aliphatic rings. The number of β-amino-alcohol motifs (C(OH)–C–C–N with tert-alkyl or cyclic N) is 1. The van der Waals surface area contributed by atoms with Crippen molar-refractivity contribution in [1.29, 1.82) is 0 Å². The number of hydrogen-bond donors (Lipinski definition) is 3. The minimum atomic E-state index is -1.26. The molecule has 3 rings (SSSR count). The summed E-state index contributed by atoms with van der Waals surface area (Å²) >= 11 is 5.95. The number of carbonyl (C=O) groups excluding carboxylic acids is 1. The number of benzene rings is 2. The minimum Gasteiger partial charge on any atom is -0.497 e. The molecule has 0 aliphatic carbocycles. The number of halogens is 1. The van der Waals surface area contributed by atoms with Crippen LogP contribution in [0.5, 0.6) is 5.75 Å². The Kier molecular flexibility index (Phi) is 6.92. The van der Waals surface area contributed by atoms with Gasteiger partial charge < -0.3 is 20.3 Å². The predicted octanol–water partition coefficient (Wildman–Crippen LogP) is 2.00. The van der Waals surface area contributed by atoms with Gasteiger partial charge in [0.25, 0.3) is 0 Å². The summed E-state index contributed by atoms with van der Waals surface area (Å²) in [6.07, 6.45) is -1.26. The molecule has 1 heterocycles. The predicted molar refractivity (Wildman–Crippen MR) is 109 cm³/mol. The fourth-order valence-corrected chi connectivity index (χ4v) is 3.05. The molecule has 1 unspecified atom stereocenters. The van der Waals surface area contributed by atoms with Crippen molar-refractivity contribution in [1.82, 2.24) is 15.1 Å². The number of hydrogen-bond acceptors (Lipinski definition) is 6. The van der Waals surface area contributed by atoms with E-state index in [4.69, 9.17) is 16.3 Å². The average Bonchev–Trinajstić information content (AvgIpc) is 2.73. The number of aliphatic hydroxyl groups excluding tert-OH is 2. The average molecular weight is 419 g/mol. The number of aliphatic imine (C=N–C) groups is 1. The van der Waals surface area contributed by atoms with E-state index in [9.17, 15) is 15.0 Å². The number of amides is 2. The number of carbonyl (C=O) groups is 1. The van der Waals surface area contributed by atoms with E-state index >= 15 is 0 Å². The Bertz CT molecular complexity index is 858. The standard InChI is InChI=1S/C20H23ClN4O4/c1-29-17-8-4-14(5-9-17)12-22-18-23-19(27)24(10-11-26)20(28)25(18)13-15-2-6-16(21)7-3-15/h2-9,20,26,28H,10-13H2,1H3,(H,22,23,27). The summed E-state index contributed by atoms with van der Waals surface area (Å²) in [6.45, 7) is 0.399. The van der Waals surface area contributed by atoms with Crippen molar-refractivity contribution < 1.29 is 19.7 Å². The van der Waals surface area contributed by atoms with E-state index in [1.54, 1.807) is 24.1 Å². The third-order valence-electron chi connectivity index (χ3n) is 4.49. The molecule has 2 amide bonds. The van der Waals surface area contributed by atoms with Crippen LogP contribution in [-0.4, -0.2) is 58.6 Å². The molecule has 0 saturated carbocycles. The molecule has 9 heteroatoms. The number of rotatable bonds is 7. The zero-order valence-electron chi connectivity index (χ0n) is 16.0. The molecule has 0 radical (unpaired) electrons. The molecule has 8 nitrogen and oxygen atoms in total. The van der Waals surface area contributed by atoms with E-state index in [-0.39, 0.29) is 19.1 Å². The lowest BCUT2D eigenvalue weighted by molar-refractivity contribution is -0.0693. The molecule has 2 aromatic carbocycles. The van der Waals surface area contributed by atoms with Crippen LogP contribution in [0.2, 0.25) is 5.02 Å². The summed E-state index contributed by atoms with van der Waals surface area (Å²) in [7, 11) is 1.60. The van der Waals surface area contributed by atoms with Crippen LogP contribution >= 0.6 is 11.6 Å². The maximum atomic E-state index is 12.3. The van der Waals surface area contributed by atoms with Crippen molar-refractivity contribution in [3.8, 4) is 5.75 Å². The maximum absolute atomic E-state index is 12.3. The summed E-state index contributed by atoms with van der Waals surface area (Å²) in [5, 5.41) is 23.7. The van der Waals surface area contributed by atoms with Crippen LogP contribution < -0.4 is 10.1 Å². The van der Waals surface area contributed by atoms with Crippen LogP contribution in [0.4, 0.5) is 4.79 Å². The molecule has 3 N–H and O–H groups in total. The SMILES string of the molecule is COc1ccc(CNC2=NC(=O)N(CCO)C(O)N2Cc2ccc(Cl)cc2)cc1. The summed E-state index contributed by atoms with van der Waals surface area (Å²) in [5.41, 5.74) is 1.84. The Balaban J connectivity index is 1.80. The maximum Gasteiger partial charge on any atom is 0.350 e. The number of urea groups is 1. The molecule has 1 atom stereocenters. The number of nitrogens with zero attached hydrogens (tertiary/aromatic N) is 3. The Labute approximate surface area is 174 Å². The second-order valence-corrected chi connectivity index (χ2v) is 6.87. The zero-order chi connectivity index (χ0) is 20.8. The van der Waals surface area contributed by atoms with Crippen LogP contribution in [0, 0.1) is 0 Å². The topological polar surface area (TPSA) is 97.6 Å². The summed E-state index contributed by atoms with van der Waals surface area (Å²) in [5.74, 6) is 1.00. The van der Waals surface area contributed by atoms with E-state index in [1.165, 1.54) is 0 Å². The lowest BCUT2D eigenvalue weighted by Crippen LogP contribution is -2.59. The molecular formula is C20H23ClN4O4. The summed E-state index contributed by atoms with van der Waals surface area (Å²) in [4.78, 5) is 19.0. The van der Waals surface area contributed by atoms with Gasteiger partial charge in [-0.2, -0.15) is 4.99 Å². The Morgan fingerprint density at radius 3 is 2.38 bits per heavy atom. The molecule has 0 fully saturated rings. The van der Waals surface area contributed by atoms with E-state index in [0.717, 1.165) is 21.8 Å². The van der Waals surface area contributed by atoms with Crippen LogP contribution in [0.3, 0.4) is 0 Å². The Hall–Kier alpha value is -2.81. The van der Waals surface area contributed by atoms with Gasteiger partial charge in [-0.3, -0.25) is 9.80 Å². The highest BCUT2D eigenvalue weighted by Gasteiger charge is 2.34. The van der Waals surface area contributed by atoms with Gasteiger partial charge in [0.2, 0.25) is 12.3 Å². The highest BCUT2D eigenvalue weighted by molar-refractivity contribution is 6.30. The van der Waals surface area contributed by atoms with Crippen molar-refractivity contribution in [2.24, 2.45) is 4.99 Å². The van der Waals surface area contributed by atoms with Crippen LogP contribution in [0.25, 0.3) is 0 Å². The molecule has 0 spiro atoms. The van der Waals surface area contributed by atoms with E-state index < -0.39 is 12.4 Å². The van der Waals surface area contributed by atoms with Gasteiger partial charge in [0.05, 0.1) is 20.3 Å². The lowest BCUT2D eigenvalue weighted by atomic mass is 10.2. The summed E-state index contributed by atoms with van der Waals surface area (Å²) in [6, 6.07) is 14.0. The highest BCUT2D eigenvalue weighted by Crippen LogP contribution is 2.18. The Morgan fingerprint density at radius 2 is 1.76 bits per heavy atom. The molecule has 0 bridgehead atoms. The monoisotopic (exact) mass is 418 g/mol. The van der Waals surface area contributed by atoms with Gasteiger partial charge in [-0.1, -0.05) is 35.9 Å². The number of ether oxygens (including phenoxy) is 1.